The van der Waals surface area contributed by atoms with Crippen LogP contribution in [-0.4, -0.2) is 40.9 Å². The van der Waals surface area contributed by atoms with E-state index in [1.54, 1.807) is 12.1 Å². The van der Waals surface area contributed by atoms with Gasteiger partial charge in [-0.05, 0) is 36.7 Å². The van der Waals surface area contributed by atoms with Crippen molar-refractivity contribution in [3.8, 4) is 23.5 Å². The van der Waals surface area contributed by atoms with Gasteiger partial charge in [-0.2, -0.15) is 5.26 Å². The predicted molar refractivity (Wildman–Crippen MR) is 144 cm³/mol. The number of benzene rings is 2. The fraction of sp³-hybridized carbons (Fsp3) is 0.483. The summed E-state index contributed by atoms with van der Waals surface area (Å²) in [7, 11) is -2.04. The van der Waals surface area contributed by atoms with Crippen LogP contribution in [0.25, 0.3) is 16.5 Å². The molecule has 7 nitrogen and oxygen atoms in total. The van der Waals surface area contributed by atoms with Crippen molar-refractivity contribution in [2.75, 3.05) is 6.61 Å². The zero-order valence-electron chi connectivity index (χ0n) is 22.4. The highest BCUT2D eigenvalue weighted by molar-refractivity contribution is 6.74. The smallest absolute Gasteiger partial charge is 0.205 e. The Labute approximate surface area is 219 Å². The first-order valence-corrected chi connectivity index (χ1v) is 15.9. The molecule has 0 spiro atoms. The van der Waals surface area contributed by atoms with Gasteiger partial charge >= 0.3 is 0 Å². The number of aliphatic hydroxyl groups excluding tert-OH is 1. The molecule has 3 atom stereocenters. The third kappa shape index (κ3) is 3.48. The van der Waals surface area contributed by atoms with Crippen molar-refractivity contribution in [3.05, 3.63) is 53.1 Å². The number of aromatic hydroxyl groups is 2. The monoisotopic (exact) mass is 520 g/mol. The Morgan fingerprint density at radius 2 is 1.76 bits per heavy atom. The molecule has 2 aromatic carbocycles. The fourth-order valence-corrected chi connectivity index (χ4v) is 6.95. The normalized spacial score (nSPS) is 25.0. The summed E-state index contributed by atoms with van der Waals surface area (Å²) < 4.78 is 14.5. The Balaban J connectivity index is 1.65. The van der Waals surface area contributed by atoms with E-state index in [0.717, 1.165) is 10.8 Å². The number of hydrogen-bond acceptors (Lipinski definition) is 6. The van der Waals surface area contributed by atoms with Crippen LogP contribution >= 0.6 is 0 Å². The van der Waals surface area contributed by atoms with Crippen LogP contribution in [0.3, 0.4) is 0 Å². The summed E-state index contributed by atoms with van der Waals surface area (Å²) in [5.41, 5.74) is -0.0199. The van der Waals surface area contributed by atoms with E-state index in [0.29, 0.717) is 48.2 Å². The van der Waals surface area contributed by atoms with E-state index in [2.05, 4.69) is 39.9 Å². The van der Waals surface area contributed by atoms with Gasteiger partial charge in [-0.25, -0.2) is 0 Å². The maximum absolute atomic E-state index is 11.7. The zero-order chi connectivity index (χ0) is 27.0. The van der Waals surface area contributed by atoms with Gasteiger partial charge in [-0.1, -0.05) is 52.0 Å². The van der Waals surface area contributed by atoms with Crippen molar-refractivity contribution in [2.45, 2.75) is 82.4 Å². The second-order valence-electron chi connectivity index (χ2n) is 11.9. The van der Waals surface area contributed by atoms with Gasteiger partial charge in [0, 0.05) is 30.2 Å². The largest absolute Gasteiger partial charge is 0.494 e. The highest BCUT2D eigenvalue weighted by atomic mass is 28.4. The number of hydrogen-bond donors (Lipinski definition) is 3. The first-order chi connectivity index (χ1) is 17.3. The summed E-state index contributed by atoms with van der Waals surface area (Å²) in [6.07, 6.45) is 0.386. The molecule has 2 aliphatic rings. The predicted octanol–water partition coefficient (Wildman–Crippen LogP) is 5.92. The van der Waals surface area contributed by atoms with Crippen molar-refractivity contribution in [2.24, 2.45) is 0 Å². The van der Waals surface area contributed by atoms with Crippen molar-refractivity contribution < 1.29 is 24.5 Å². The van der Waals surface area contributed by atoms with E-state index in [1.165, 1.54) is 4.57 Å². The lowest BCUT2D eigenvalue weighted by atomic mass is 9.74. The minimum atomic E-state index is -2.04. The average Bonchev–Trinajstić information content (AvgIpc) is 3.41. The number of nitrogens with zero attached hydrogens (tertiary/aromatic N) is 2. The first-order valence-electron chi connectivity index (χ1n) is 13.0. The highest BCUT2D eigenvalue weighted by Gasteiger charge is 2.67. The minimum Gasteiger partial charge on any atom is -0.494 e. The van der Waals surface area contributed by atoms with Crippen molar-refractivity contribution in [3.63, 3.8) is 0 Å². The SMILES string of the molecule is CC[C@]12C[C@H](O)[C@](CCO[Si](C)(C)C(C)(C)C)(O1)c1c2c(O)n(-c2ccc(C#N)c3ccccc23)c1O. The minimum absolute atomic E-state index is 0.0359. The molecule has 37 heavy (non-hydrogen) atoms. The van der Waals surface area contributed by atoms with Crippen LogP contribution in [0.2, 0.25) is 18.1 Å². The molecule has 2 aliphatic heterocycles. The standard InChI is InChI=1S/C29H36N2O5Si/c1-7-28-16-22(32)29(36-28,14-15-35-37(5,6)27(2,3)4)24-23(28)25(33)31(26(24)34)21-13-12-18(17-30)19-10-8-9-11-20(19)21/h8-13,22,32-34H,7,14-16H2,1-6H3/t22-,28+,29-/m0/s1. The van der Waals surface area contributed by atoms with E-state index in [4.69, 9.17) is 9.16 Å². The quantitative estimate of drug-likeness (QED) is 0.348. The first kappa shape index (κ1) is 25.8. The molecule has 0 radical (unpaired) electrons. The van der Waals surface area contributed by atoms with Crippen LogP contribution in [0, 0.1) is 11.3 Å². The van der Waals surface area contributed by atoms with Gasteiger partial charge in [0.1, 0.15) is 11.2 Å². The lowest BCUT2D eigenvalue weighted by Crippen LogP contribution is -2.43. The van der Waals surface area contributed by atoms with E-state index in [9.17, 15) is 20.6 Å². The Morgan fingerprint density at radius 3 is 2.38 bits per heavy atom. The molecule has 1 aromatic heterocycles. The second-order valence-corrected chi connectivity index (χ2v) is 16.7. The summed E-state index contributed by atoms with van der Waals surface area (Å²) in [6.45, 7) is 13.2. The molecule has 3 aromatic rings. The number of nitriles is 1. The maximum atomic E-state index is 11.7. The van der Waals surface area contributed by atoms with Crippen LogP contribution in [0.4, 0.5) is 0 Å². The lowest BCUT2D eigenvalue weighted by molar-refractivity contribution is -0.122. The maximum Gasteiger partial charge on any atom is 0.205 e. The molecule has 8 heteroatoms. The van der Waals surface area contributed by atoms with Crippen LogP contribution in [-0.2, 0) is 20.4 Å². The number of rotatable bonds is 6. The molecule has 196 valence electrons. The highest BCUT2D eigenvalue weighted by Crippen LogP contribution is 2.66. The Bertz CT molecular complexity index is 1430. The molecule has 2 bridgehead atoms. The molecule has 0 unspecified atom stereocenters. The van der Waals surface area contributed by atoms with E-state index in [-0.39, 0.29) is 16.8 Å². The molecular formula is C29H36N2O5Si. The van der Waals surface area contributed by atoms with Gasteiger partial charge in [0.25, 0.3) is 0 Å². The van der Waals surface area contributed by atoms with E-state index < -0.39 is 25.6 Å². The molecule has 5 rings (SSSR count). The molecule has 0 aliphatic carbocycles. The second kappa shape index (κ2) is 8.33. The van der Waals surface area contributed by atoms with Crippen LogP contribution in [0.5, 0.6) is 11.8 Å². The number of ether oxygens (including phenoxy) is 1. The summed E-state index contributed by atoms with van der Waals surface area (Å²) >= 11 is 0. The van der Waals surface area contributed by atoms with Gasteiger partial charge < -0.3 is 24.5 Å². The van der Waals surface area contributed by atoms with Gasteiger partial charge in [0.2, 0.25) is 11.8 Å². The third-order valence-corrected chi connectivity index (χ3v) is 13.6. The average molecular weight is 521 g/mol. The number of fused-ring (bicyclic) bond motifs is 6. The molecular weight excluding hydrogens is 484 g/mol. The fourth-order valence-electron chi connectivity index (χ4n) is 5.90. The molecule has 0 amide bonds. The molecule has 3 N–H and O–H groups in total. The Kier molecular flexibility index (Phi) is 5.81. The molecule has 0 saturated carbocycles. The number of aromatic nitrogens is 1. The van der Waals surface area contributed by atoms with Crippen LogP contribution < -0.4 is 0 Å². The van der Waals surface area contributed by atoms with E-state index in [1.807, 2.05) is 31.2 Å². The van der Waals surface area contributed by atoms with Crippen molar-refractivity contribution >= 4 is 19.1 Å². The molecule has 1 fully saturated rings. The summed E-state index contributed by atoms with van der Waals surface area (Å²) in [6, 6.07) is 13.1. The van der Waals surface area contributed by atoms with Gasteiger partial charge in [-0.3, -0.25) is 4.57 Å². The van der Waals surface area contributed by atoms with Gasteiger partial charge in [0.05, 0.1) is 34.6 Å². The van der Waals surface area contributed by atoms with Gasteiger partial charge in [-0.15, -0.1) is 0 Å². The molecule has 1 saturated heterocycles. The third-order valence-electron chi connectivity index (χ3n) is 9.01. The lowest BCUT2D eigenvalue weighted by Gasteiger charge is -2.38. The van der Waals surface area contributed by atoms with Crippen LogP contribution in [0.15, 0.2) is 36.4 Å². The van der Waals surface area contributed by atoms with Crippen molar-refractivity contribution in [1.29, 1.82) is 5.26 Å². The molecule has 3 heterocycles. The summed E-state index contributed by atoms with van der Waals surface area (Å²) in [4.78, 5) is 0. The zero-order valence-corrected chi connectivity index (χ0v) is 23.4. The summed E-state index contributed by atoms with van der Waals surface area (Å²) in [5.74, 6) is -0.243. The Hall–Kier alpha value is -2.83. The van der Waals surface area contributed by atoms with Crippen LogP contribution in [0.1, 0.15) is 63.6 Å². The topological polar surface area (TPSA) is 108 Å². The Morgan fingerprint density at radius 1 is 1.11 bits per heavy atom. The van der Waals surface area contributed by atoms with E-state index >= 15 is 0 Å². The number of aliphatic hydroxyl groups is 1. The summed E-state index contributed by atoms with van der Waals surface area (Å²) in [5, 5.41) is 45.7. The van der Waals surface area contributed by atoms with Crippen molar-refractivity contribution in [1.82, 2.24) is 4.57 Å². The van der Waals surface area contributed by atoms with Gasteiger partial charge in [0.15, 0.2) is 8.32 Å².